The third kappa shape index (κ3) is 2.36. The molecule has 0 aromatic heterocycles. The average molecular weight is 225 g/mol. The van der Waals surface area contributed by atoms with Crippen LogP contribution in [-0.4, -0.2) is 13.0 Å². The third-order valence-corrected chi connectivity index (χ3v) is 2.83. The summed E-state index contributed by atoms with van der Waals surface area (Å²) in [5.41, 5.74) is 4.26. The highest BCUT2D eigenvalue weighted by Crippen LogP contribution is 2.23. The number of carbonyl (C=O) groups excluding carboxylic acids is 1. The van der Waals surface area contributed by atoms with Crippen LogP contribution < -0.4 is 5.32 Å². The molecule has 1 N–H and O–H groups in total. The smallest absolute Gasteiger partial charge is 0.251 e. The molecule has 2 rings (SSSR count). The first-order valence-electron chi connectivity index (χ1n) is 5.60. The average Bonchev–Trinajstić information content (AvgIpc) is 2.39. The van der Waals surface area contributed by atoms with Gasteiger partial charge in [0.15, 0.2) is 0 Å². The molecule has 17 heavy (non-hydrogen) atoms. The van der Waals surface area contributed by atoms with E-state index in [0.29, 0.717) is 5.56 Å². The molecule has 0 saturated heterocycles. The van der Waals surface area contributed by atoms with Crippen LogP contribution in [0.1, 0.15) is 15.9 Å². The number of benzene rings is 2. The van der Waals surface area contributed by atoms with Gasteiger partial charge >= 0.3 is 0 Å². The Labute approximate surface area is 101 Å². The molecule has 2 heteroatoms. The molecule has 2 aromatic carbocycles. The Morgan fingerprint density at radius 2 is 1.65 bits per heavy atom. The maximum Gasteiger partial charge on any atom is 0.251 e. The Balaban J connectivity index is 2.36. The van der Waals surface area contributed by atoms with Gasteiger partial charge in [0.25, 0.3) is 5.91 Å². The maximum atomic E-state index is 11.4. The fraction of sp³-hybridized carbons (Fsp3) is 0.133. The molecule has 0 heterocycles. The number of amides is 1. The second-order valence-electron chi connectivity index (χ2n) is 3.97. The lowest BCUT2D eigenvalue weighted by Gasteiger charge is -2.06. The number of nitrogens with one attached hydrogen (secondary N) is 1. The number of hydrogen-bond donors (Lipinski definition) is 1. The van der Waals surface area contributed by atoms with Crippen LogP contribution in [0.2, 0.25) is 0 Å². The van der Waals surface area contributed by atoms with Gasteiger partial charge in [-0.25, -0.2) is 0 Å². The van der Waals surface area contributed by atoms with Gasteiger partial charge in [-0.15, -0.1) is 0 Å². The number of rotatable bonds is 2. The van der Waals surface area contributed by atoms with Crippen molar-refractivity contribution in [2.24, 2.45) is 0 Å². The first-order chi connectivity index (χ1) is 8.22. The Bertz CT molecular complexity index is 529. The lowest BCUT2D eigenvalue weighted by atomic mass is 9.99. The minimum absolute atomic E-state index is 0.0543. The summed E-state index contributed by atoms with van der Waals surface area (Å²) in [7, 11) is 1.64. The second-order valence-corrected chi connectivity index (χ2v) is 3.97. The van der Waals surface area contributed by atoms with Gasteiger partial charge in [0, 0.05) is 12.6 Å². The van der Waals surface area contributed by atoms with Crippen LogP contribution in [0.4, 0.5) is 0 Å². The van der Waals surface area contributed by atoms with Gasteiger partial charge in [-0.3, -0.25) is 4.79 Å². The molecular weight excluding hydrogens is 210 g/mol. The van der Waals surface area contributed by atoms with Crippen molar-refractivity contribution >= 4 is 5.91 Å². The van der Waals surface area contributed by atoms with Crippen LogP contribution in [0.3, 0.4) is 0 Å². The predicted octanol–water partition coefficient (Wildman–Crippen LogP) is 3.02. The minimum Gasteiger partial charge on any atom is -0.355 e. The molecule has 0 atom stereocenters. The molecule has 86 valence electrons. The van der Waals surface area contributed by atoms with Gasteiger partial charge in [-0.2, -0.15) is 0 Å². The molecule has 0 bridgehead atoms. The van der Waals surface area contributed by atoms with Crippen molar-refractivity contribution in [3.8, 4) is 11.1 Å². The van der Waals surface area contributed by atoms with Gasteiger partial charge in [0.05, 0.1) is 0 Å². The summed E-state index contributed by atoms with van der Waals surface area (Å²) < 4.78 is 0. The Morgan fingerprint density at radius 1 is 1.00 bits per heavy atom. The maximum absolute atomic E-state index is 11.4. The highest BCUT2D eigenvalue weighted by Gasteiger charge is 2.04. The van der Waals surface area contributed by atoms with Crippen LogP contribution in [-0.2, 0) is 0 Å². The van der Waals surface area contributed by atoms with Crippen LogP contribution in [0.5, 0.6) is 0 Å². The highest BCUT2D eigenvalue weighted by molar-refractivity contribution is 5.94. The van der Waals surface area contributed by atoms with Crippen LogP contribution in [0.25, 0.3) is 11.1 Å². The number of hydrogen-bond acceptors (Lipinski definition) is 1. The first kappa shape index (κ1) is 11.4. The summed E-state index contributed by atoms with van der Waals surface area (Å²) in [6, 6.07) is 15.9. The van der Waals surface area contributed by atoms with E-state index in [1.807, 2.05) is 36.4 Å². The molecular formula is C15H15NO. The molecule has 2 aromatic rings. The van der Waals surface area contributed by atoms with Crippen molar-refractivity contribution in [1.82, 2.24) is 5.32 Å². The second kappa shape index (κ2) is 4.83. The molecule has 0 fully saturated rings. The monoisotopic (exact) mass is 225 g/mol. The van der Waals surface area contributed by atoms with Crippen LogP contribution in [0, 0.1) is 6.92 Å². The van der Waals surface area contributed by atoms with Crippen molar-refractivity contribution in [3.05, 3.63) is 59.7 Å². The SMILES string of the molecule is CNC(=O)c1ccc(-c2ccccc2C)cc1. The lowest BCUT2D eigenvalue weighted by Crippen LogP contribution is -2.17. The summed E-state index contributed by atoms with van der Waals surface area (Å²) in [5, 5.41) is 2.61. The molecule has 0 radical (unpaired) electrons. The van der Waals surface area contributed by atoms with Gasteiger partial charge in [-0.05, 0) is 35.7 Å². The number of carbonyl (C=O) groups is 1. The van der Waals surface area contributed by atoms with E-state index in [0.717, 1.165) is 5.56 Å². The summed E-state index contributed by atoms with van der Waals surface area (Å²) in [6.07, 6.45) is 0. The molecule has 0 aliphatic carbocycles. The predicted molar refractivity (Wildman–Crippen MR) is 70.0 cm³/mol. The van der Waals surface area contributed by atoms with E-state index < -0.39 is 0 Å². The van der Waals surface area contributed by atoms with E-state index in [2.05, 4.69) is 24.4 Å². The van der Waals surface area contributed by atoms with Crippen molar-refractivity contribution in [3.63, 3.8) is 0 Å². The van der Waals surface area contributed by atoms with Crippen molar-refractivity contribution in [2.45, 2.75) is 6.92 Å². The molecule has 0 unspecified atom stereocenters. The van der Waals surface area contributed by atoms with Crippen LogP contribution >= 0.6 is 0 Å². The zero-order chi connectivity index (χ0) is 12.3. The standard InChI is InChI=1S/C15H15NO/c1-11-5-3-4-6-14(11)12-7-9-13(10-8-12)15(17)16-2/h3-10H,1-2H3,(H,16,17). The third-order valence-electron chi connectivity index (χ3n) is 2.83. The summed E-state index contributed by atoms with van der Waals surface area (Å²) >= 11 is 0. The molecule has 2 nitrogen and oxygen atoms in total. The Morgan fingerprint density at radius 3 is 2.24 bits per heavy atom. The van der Waals surface area contributed by atoms with Gasteiger partial charge in [-0.1, -0.05) is 36.4 Å². The molecule has 0 spiro atoms. The normalized spacial score (nSPS) is 10.0. The summed E-state index contributed by atoms with van der Waals surface area (Å²) in [5.74, 6) is -0.0543. The van der Waals surface area contributed by atoms with Gasteiger partial charge in [0.2, 0.25) is 0 Å². The Hall–Kier alpha value is -2.09. The summed E-state index contributed by atoms with van der Waals surface area (Å²) in [6.45, 7) is 2.09. The first-order valence-corrected chi connectivity index (χ1v) is 5.60. The zero-order valence-electron chi connectivity index (χ0n) is 10.0. The lowest BCUT2D eigenvalue weighted by molar-refractivity contribution is 0.0963. The van der Waals surface area contributed by atoms with E-state index in [-0.39, 0.29) is 5.91 Å². The molecule has 0 aliphatic heterocycles. The topological polar surface area (TPSA) is 29.1 Å². The van der Waals surface area contributed by atoms with Crippen molar-refractivity contribution in [2.75, 3.05) is 7.05 Å². The Kier molecular flexibility index (Phi) is 3.24. The molecule has 1 amide bonds. The van der Waals surface area contributed by atoms with E-state index in [1.165, 1.54) is 11.1 Å². The zero-order valence-corrected chi connectivity index (χ0v) is 10.0. The summed E-state index contributed by atoms with van der Waals surface area (Å²) in [4.78, 5) is 11.4. The highest BCUT2D eigenvalue weighted by atomic mass is 16.1. The van der Waals surface area contributed by atoms with E-state index in [1.54, 1.807) is 7.05 Å². The van der Waals surface area contributed by atoms with E-state index >= 15 is 0 Å². The van der Waals surface area contributed by atoms with Gasteiger partial charge in [0.1, 0.15) is 0 Å². The minimum atomic E-state index is -0.0543. The van der Waals surface area contributed by atoms with Crippen molar-refractivity contribution in [1.29, 1.82) is 0 Å². The largest absolute Gasteiger partial charge is 0.355 e. The van der Waals surface area contributed by atoms with Crippen molar-refractivity contribution < 1.29 is 4.79 Å². The van der Waals surface area contributed by atoms with Crippen LogP contribution in [0.15, 0.2) is 48.5 Å². The quantitative estimate of drug-likeness (QED) is 0.836. The molecule has 0 saturated carbocycles. The molecule has 0 aliphatic rings. The van der Waals surface area contributed by atoms with Gasteiger partial charge < -0.3 is 5.32 Å². The van der Waals surface area contributed by atoms with E-state index in [9.17, 15) is 4.79 Å². The fourth-order valence-electron chi connectivity index (χ4n) is 1.84. The van der Waals surface area contributed by atoms with E-state index in [4.69, 9.17) is 0 Å². The number of aryl methyl sites for hydroxylation is 1. The fourth-order valence-corrected chi connectivity index (χ4v) is 1.84.